The molecule has 0 bridgehead atoms. The van der Waals surface area contributed by atoms with Crippen LogP contribution in [0.5, 0.6) is 0 Å². The zero-order valence-corrected chi connectivity index (χ0v) is 12.7. The summed E-state index contributed by atoms with van der Waals surface area (Å²) < 4.78 is 17.8. The average molecular weight is 277 g/mol. The van der Waals surface area contributed by atoms with Crippen LogP contribution in [0.4, 0.5) is 0 Å². The Morgan fingerprint density at radius 3 is 2.00 bits per heavy atom. The highest BCUT2D eigenvalue weighted by molar-refractivity contribution is 7.65. The van der Waals surface area contributed by atoms with E-state index in [1.54, 1.807) is 34.6 Å². The van der Waals surface area contributed by atoms with Gasteiger partial charge in [-0.05, 0) is 20.8 Å². The minimum atomic E-state index is -2.81. The molecular formula is C11H24N3O3P. The number of hydrogen-bond acceptors (Lipinski definition) is 4. The van der Waals surface area contributed by atoms with Crippen molar-refractivity contribution in [3.8, 4) is 0 Å². The summed E-state index contributed by atoms with van der Waals surface area (Å²) in [5.74, 6) is -1.99. The predicted octanol–water partition coefficient (Wildman–Crippen LogP) is 1.33. The molecule has 1 atom stereocenters. The fraction of sp³-hybridized carbons (Fsp3) is 0.818. The zero-order chi connectivity index (χ0) is 14.6. The summed E-state index contributed by atoms with van der Waals surface area (Å²) in [5.41, 5.74) is 9.93. The maximum Gasteiger partial charge on any atom is 0.339 e. The van der Waals surface area contributed by atoms with Gasteiger partial charge in [-0.1, -0.05) is 13.8 Å². The smallest absolute Gasteiger partial charge is 0.339 e. The molecule has 0 aromatic heterocycles. The van der Waals surface area contributed by atoms with Crippen LogP contribution < -0.4 is 11.5 Å². The number of guanidine groups is 1. The first-order valence-corrected chi connectivity index (χ1v) is 8.09. The molecule has 0 aromatic carbocycles. The van der Waals surface area contributed by atoms with Gasteiger partial charge < -0.3 is 20.8 Å². The summed E-state index contributed by atoms with van der Waals surface area (Å²) >= 11 is 0. The van der Waals surface area contributed by atoms with E-state index in [2.05, 4.69) is 4.99 Å². The van der Waals surface area contributed by atoms with Crippen LogP contribution in [0.1, 0.15) is 34.6 Å². The molecule has 7 heteroatoms. The zero-order valence-electron chi connectivity index (χ0n) is 11.8. The molecule has 106 valence electrons. The van der Waals surface area contributed by atoms with Gasteiger partial charge in [-0.3, -0.25) is 0 Å². The molecule has 0 radical (unpaired) electrons. The van der Waals surface area contributed by atoms with Gasteiger partial charge in [-0.2, -0.15) is 0 Å². The average Bonchev–Trinajstić information content (AvgIpc) is 2.22. The molecule has 0 spiro atoms. The van der Waals surface area contributed by atoms with Crippen LogP contribution in [0.3, 0.4) is 0 Å². The summed E-state index contributed by atoms with van der Waals surface area (Å²) in [4.78, 5) is 15.9. The fourth-order valence-corrected chi connectivity index (χ4v) is 3.33. The molecule has 0 aromatic rings. The van der Waals surface area contributed by atoms with Crippen LogP contribution in [0.2, 0.25) is 0 Å². The van der Waals surface area contributed by atoms with Crippen molar-refractivity contribution in [3.63, 3.8) is 0 Å². The van der Waals surface area contributed by atoms with E-state index in [0.717, 1.165) is 0 Å². The summed E-state index contributed by atoms with van der Waals surface area (Å²) in [6, 6.07) is 0. The lowest BCUT2D eigenvalue weighted by atomic mass is 10.2. The quantitative estimate of drug-likeness (QED) is 0.341. The second-order valence-corrected chi connectivity index (χ2v) is 8.70. The molecule has 0 aliphatic heterocycles. The number of nitrogens with two attached hydrogens (primary N) is 2. The molecule has 0 aliphatic rings. The van der Waals surface area contributed by atoms with E-state index in [0.29, 0.717) is 12.3 Å². The molecule has 18 heavy (non-hydrogen) atoms. The standard InChI is InChI=1S/C11H24N3O3P/c1-6-18(16,7-2)8(14-10(12)13)9(15)17-11(3,4)5/h8H,6-7H2,1-5H3,(H4,12,13,14). The van der Waals surface area contributed by atoms with Gasteiger partial charge in [0, 0.05) is 12.3 Å². The first kappa shape index (κ1) is 17.0. The van der Waals surface area contributed by atoms with Crippen LogP contribution >= 0.6 is 7.14 Å². The van der Waals surface area contributed by atoms with E-state index in [9.17, 15) is 9.36 Å². The van der Waals surface area contributed by atoms with Crippen LogP contribution in [-0.2, 0) is 14.1 Å². The summed E-state index contributed by atoms with van der Waals surface area (Å²) in [6.07, 6.45) is 0.703. The minimum absolute atomic E-state index is 0.256. The SMILES string of the molecule is CCP(=O)(CC)C(N=C(N)N)C(=O)OC(C)(C)C. The molecule has 1 unspecified atom stereocenters. The Hall–Kier alpha value is -1.03. The number of rotatable bonds is 5. The molecule has 0 heterocycles. The Morgan fingerprint density at radius 1 is 1.28 bits per heavy atom. The summed E-state index contributed by atoms with van der Waals surface area (Å²) in [7, 11) is -2.81. The van der Waals surface area contributed by atoms with Crippen molar-refractivity contribution in [2.75, 3.05) is 12.3 Å². The van der Waals surface area contributed by atoms with Crippen LogP contribution in [0.15, 0.2) is 4.99 Å². The van der Waals surface area contributed by atoms with E-state index in [1.807, 2.05) is 0 Å². The highest BCUT2D eigenvalue weighted by Gasteiger charge is 2.38. The van der Waals surface area contributed by atoms with Crippen molar-refractivity contribution in [1.29, 1.82) is 0 Å². The predicted molar refractivity (Wildman–Crippen MR) is 74.1 cm³/mol. The highest BCUT2D eigenvalue weighted by atomic mass is 31.2. The number of ether oxygens (including phenoxy) is 1. The Labute approximate surface area is 109 Å². The molecule has 0 rings (SSSR count). The number of aliphatic imine (C=N–C) groups is 1. The molecule has 0 amide bonds. The van der Waals surface area contributed by atoms with Crippen molar-refractivity contribution in [3.05, 3.63) is 0 Å². The largest absolute Gasteiger partial charge is 0.458 e. The third-order valence-electron chi connectivity index (χ3n) is 2.41. The van der Waals surface area contributed by atoms with Gasteiger partial charge in [0.2, 0.25) is 5.78 Å². The molecule has 0 saturated heterocycles. The lowest BCUT2D eigenvalue weighted by Crippen LogP contribution is -2.35. The molecule has 0 fully saturated rings. The van der Waals surface area contributed by atoms with Crippen LogP contribution in [0.25, 0.3) is 0 Å². The number of carbonyl (C=O) groups excluding carboxylic acids is 1. The van der Waals surface area contributed by atoms with Gasteiger partial charge >= 0.3 is 5.97 Å². The van der Waals surface area contributed by atoms with E-state index in [-0.39, 0.29) is 5.96 Å². The first-order valence-electron chi connectivity index (χ1n) is 5.95. The lowest BCUT2D eigenvalue weighted by Gasteiger charge is -2.26. The van der Waals surface area contributed by atoms with Gasteiger partial charge in [0.05, 0.1) is 0 Å². The maximum absolute atomic E-state index is 12.6. The van der Waals surface area contributed by atoms with Gasteiger partial charge in [-0.15, -0.1) is 0 Å². The first-order chi connectivity index (χ1) is 8.05. The molecule has 6 nitrogen and oxygen atoms in total. The monoisotopic (exact) mass is 277 g/mol. The second-order valence-electron chi connectivity index (χ2n) is 5.05. The highest BCUT2D eigenvalue weighted by Crippen LogP contribution is 2.51. The Balaban J connectivity index is 5.32. The van der Waals surface area contributed by atoms with Gasteiger partial charge in [0.25, 0.3) is 0 Å². The number of carbonyl (C=O) groups is 1. The third-order valence-corrected chi connectivity index (χ3v) is 5.76. The van der Waals surface area contributed by atoms with Crippen molar-refractivity contribution in [2.24, 2.45) is 16.5 Å². The van der Waals surface area contributed by atoms with Gasteiger partial charge in [0.1, 0.15) is 12.7 Å². The second kappa shape index (κ2) is 6.23. The van der Waals surface area contributed by atoms with E-state index in [1.165, 1.54) is 0 Å². The van der Waals surface area contributed by atoms with Crippen LogP contribution in [0, 0.1) is 0 Å². The topological polar surface area (TPSA) is 108 Å². The summed E-state index contributed by atoms with van der Waals surface area (Å²) in [5, 5.41) is 0. The molecular weight excluding hydrogens is 253 g/mol. The van der Waals surface area contributed by atoms with E-state index >= 15 is 0 Å². The van der Waals surface area contributed by atoms with Crippen molar-refractivity contribution in [1.82, 2.24) is 0 Å². The lowest BCUT2D eigenvalue weighted by molar-refractivity contribution is -0.154. The number of hydrogen-bond donors (Lipinski definition) is 2. The van der Waals surface area contributed by atoms with Gasteiger partial charge in [-0.25, -0.2) is 9.79 Å². The number of nitrogens with zero attached hydrogens (tertiary/aromatic N) is 1. The normalized spacial score (nSPS) is 13.8. The fourth-order valence-electron chi connectivity index (χ4n) is 1.42. The third kappa shape index (κ3) is 5.08. The van der Waals surface area contributed by atoms with E-state index < -0.39 is 24.5 Å². The maximum atomic E-state index is 12.6. The molecule has 4 N–H and O–H groups in total. The Bertz CT molecular complexity index is 362. The van der Waals surface area contributed by atoms with Crippen LogP contribution in [-0.4, -0.2) is 35.6 Å². The number of esters is 1. The van der Waals surface area contributed by atoms with E-state index in [4.69, 9.17) is 16.2 Å². The Kier molecular flexibility index (Phi) is 5.87. The van der Waals surface area contributed by atoms with Crippen molar-refractivity contribution < 1.29 is 14.1 Å². The minimum Gasteiger partial charge on any atom is -0.458 e. The molecule has 0 aliphatic carbocycles. The molecule has 0 saturated carbocycles. The Morgan fingerprint density at radius 2 is 1.72 bits per heavy atom. The summed E-state index contributed by atoms with van der Waals surface area (Å²) in [6.45, 7) is 8.72. The van der Waals surface area contributed by atoms with Crippen molar-refractivity contribution >= 4 is 19.1 Å². The van der Waals surface area contributed by atoms with Crippen molar-refractivity contribution in [2.45, 2.75) is 46.0 Å². The van der Waals surface area contributed by atoms with Gasteiger partial charge in [0.15, 0.2) is 5.96 Å².